The number of benzene rings is 1. The molecule has 3 N–H and O–H groups in total. The van der Waals surface area contributed by atoms with E-state index in [1.807, 2.05) is 24.3 Å². The molecule has 1 fully saturated rings. The summed E-state index contributed by atoms with van der Waals surface area (Å²) in [6.07, 6.45) is 1.45. The minimum absolute atomic E-state index is 0.192. The normalized spacial score (nSPS) is 26.3. The molecular formula is C14H22N2O. The van der Waals surface area contributed by atoms with E-state index >= 15 is 0 Å². The van der Waals surface area contributed by atoms with Crippen LogP contribution >= 0.6 is 0 Å². The molecule has 0 saturated heterocycles. The number of hydrogen-bond donors (Lipinski definition) is 2. The second kappa shape index (κ2) is 4.57. The van der Waals surface area contributed by atoms with Crippen molar-refractivity contribution in [3.05, 3.63) is 24.3 Å². The highest BCUT2D eigenvalue weighted by atomic mass is 16.5. The van der Waals surface area contributed by atoms with Crippen molar-refractivity contribution in [2.75, 3.05) is 17.7 Å². The van der Waals surface area contributed by atoms with Gasteiger partial charge in [-0.3, -0.25) is 0 Å². The van der Waals surface area contributed by atoms with E-state index in [1.54, 1.807) is 0 Å². The Kier molecular flexibility index (Phi) is 3.29. The maximum absolute atomic E-state index is 5.72. The SMILES string of the molecule is CCOC1CC(Nc2ccc(N)cc2)C1(C)C. The highest BCUT2D eigenvalue weighted by Crippen LogP contribution is 2.44. The van der Waals surface area contributed by atoms with Gasteiger partial charge in [0.15, 0.2) is 0 Å². The molecule has 0 aliphatic heterocycles. The second-order valence-corrected chi connectivity index (χ2v) is 5.32. The number of ether oxygens (including phenoxy) is 1. The predicted octanol–water partition coefficient (Wildman–Crippen LogP) is 2.88. The standard InChI is InChI=1S/C14H22N2O/c1-4-17-13-9-12(14(13,2)3)16-11-7-5-10(15)6-8-11/h5-8,12-13,16H,4,9,15H2,1-3H3. The third kappa shape index (κ3) is 2.39. The molecule has 1 aliphatic rings. The Balaban J connectivity index is 1.95. The van der Waals surface area contributed by atoms with Crippen LogP contribution in [0.2, 0.25) is 0 Å². The fourth-order valence-corrected chi connectivity index (χ4v) is 2.39. The highest BCUT2D eigenvalue weighted by molar-refractivity contribution is 5.52. The van der Waals surface area contributed by atoms with Crippen molar-refractivity contribution in [3.8, 4) is 0 Å². The minimum atomic E-state index is 0.192. The summed E-state index contributed by atoms with van der Waals surface area (Å²) < 4.78 is 5.72. The van der Waals surface area contributed by atoms with Crippen molar-refractivity contribution < 1.29 is 4.74 Å². The fraction of sp³-hybridized carbons (Fsp3) is 0.571. The molecule has 1 aliphatic carbocycles. The first kappa shape index (κ1) is 12.2. The molecule has 2 atom stereocenters. The maximum Gasteiger partial charge on any atom is 0.0665 e. The van der Waals surface area contributed by atoms with E-state index in [2.05, 4.69) is 26.1 Å². The van der Waals surface area contributed by atoms with Gasteiger partial charge in [-0.1, -0.05) is 13.8 Å². The monoisotopic (exact) mass is 234 g/mol. The van der Waals surface area contributed by atoms with Crippen LogP contribution in [0.4, 0.5) is 11.4 Å². The lowest BCUT2D eigenvalue weighted by atomic mass is 9.64. The zero-order chi connectivity index (χ0) is 12.5. The molecule has 3 nitrogen and oxygen atoms in total. The molecule has 17 heavy (non-hydrogen) atoms. The van der Waals surface area contributed by atoms with Crippen LogP contribution in [-0.4, -0.2) is 18.8 Å². The van der Waals surface area contributed by atoms with Crippen LogP contribution in [0, 0.1) is 5.41 Å². The Labute approximate surface area is 103 Å². The molecule has 0 radical (unpaired) electrons. The van der Waals surface area contributed by atoms with Gasteiger partial charge >= 0.3 is 0 Å². The fourth-order valence-electron chi connectivity index (χ4n) is 2.39. The molecule has 0 aromatic heterocycles. The van der Waals surface area contributed by atoms with Crippen LogP contribution in [0.3, 0.4) is 0 Å². The van der Waals surface area contributed by atoms with Crippen LogP contribution in [0.5, 0.6) is 0 Å². The second-order valence-electron chi connectivity index (χ2n) is 5.32. The van der Waals surface area contributed by atoms with Crippen LogP contribution in [0.15, 0.2) is 24.3 Å². The Hall–Kier alpha value is -1.22. The van der Waals surface area contributed by atoms with Crippen LogP contribution in [-0.2, 0) is 4.74 Å². The summed E-state index contributed by atoms with van der Waals surface area (Å²) in [4.78, 5) is 0. The zero-order valence-corrected chi connectivity index (χ0v) is 10.9. The van der Waals surface area contributed by atoms with Gasteiger partial charge in [0, 0.05) is 29.4 Å². The van der Waals surface area contributed by atoms with Gasteiger partial charge in [-0.15, -0.1) is 0 Å². The first-order valence-electron chi connectivity index (χ1n) is 6.27. The smallest absolute Gasteiger partial charge is 0.0665 e. The van der Waals surface area contributed by atoms with Gasteiger partial charge in [-0.25, -0.2) is 0 Å². The van der Waals surface area contributed by atoms with Crippen LogP contribution in [0.25, 0.3) is 0 Å². The number of anilines is 2. The molecule has 1 aromatic rings. The molecule has 0 spiro atoms. The molecule has 0 heterocycles. The van der Waals surface area contributed by atoms with Gasteiger partial charge < -0.3 is 15.8 Å². The minimum Gasteiger partial charge on any atom is -0.399 e. The first-order chi connectivity index (χ1) is 8.04. The van der Waals surface area contributed by atoms with Crippen molar-refractivity contribution in [3.63, 3.8) is 0 Å². The largest absolute Gasteiger partial charge is 0.399 e. The molecule has 1 aromatic carbocycles. The molecule has 3 heteroatoms. The third-order valence-corrected chi connectivity index (χ3v) is 3.80. The topological polar surface area (TPSA) is 47.3 Å². The quantitative estimate of drug-likeness (QED) is 0.787. The third-order valence-electron chi connectivity index (χ3n) is 3.80. The van der Waals surface area contributed by atoms with E-state index in [1.165, 1.54) is 0 Å². The lowest BCUT2D eigenvalue weighted by Crippen LogP contribution is -2.58. The average Bonchev–Trinajstić information content (AvgIpc) is 2.30. The van der Waals surface area contributed by atoms with E-state index in [4.69, 9.17) is 10.5 Å². The predicted molar refractivity (Wildman–Crippen MR) is 72.1 cm³/mol. The lowest BCUT2D eigenvalue weighted by Gasteiger charge is -2.52. The molecule has 1 saturated carbocycles. The summed E-state index contributed by atoms with van der Waals surface area (Å²) >= 11 is 0. The molecule has 2 unspecified atom stereocenters. The molecule has 0 amide bonds. The molecule has 0 bridgehead atoms. The summed E-state index contributed by atoms with van der Waals surface area (Å²) in [6.45, 7) is 7.36. The van der Waals surface area contributed by atoms with E-state index in [0.29, 0.717) is 12.1 Å². The maximum atomic E-state index is 5.72. The van der Waals surface area contributed by atoms with E-state index in [9.17, 15) is 0 Å². The van der Waals surface area contributed by atoms with Crippen LogP contribution in [0.1, 0.15) is 27.2 Å². The molecular weight excluding hydrogens is 212 g/mol. The number of hydrogen-bond acceptors (Lipinski definition) is 3. The number of nitrogen functional groups attached to an aromatic ring is 1. The molecule has 94 valence electrons. The van der Waals surface area contributed by atoms with Crippen molar-refractivity contribution in [1.29, 1.82) is 0 Å². The zero-order valence-electron chi connectivity index (χ0n) is 10.9. The Morgan fingerprint density at radius 1 is 1.35 bits per heavy atom. The van der Waals surface area contributed by atoms with Gasteiger partial charge in [0.05, 0.1) is 6.10 Å². The Bertz CT molecular complexity index is 372. The van der Waals surface area contributed by atoms with Crippen molar-refractivity contribution in [1.82, 2.24) is 0 Å². The van der Waals surface area contributed by atoms with Gasteiger partial charge in [0.25, 0.3) is 0 Å². The summed E-state index contributed by atoms with van der Waals surface area (Å²) in [5.41, 5.74) is 7.80. The van der Waals surface area contributed by atoms with Crippen LogP contribution < -0.4 is 11.1 Å². The summed E-state index contributed by atoms with van der Waals surface area (Å²) in [6, 6.07) is 8.38. The Morgan fingerprint density at radius 2 is 2.00 bits per heavy atom. The van der Waals surface area contributed by atoms with Gasteiger partial charge in [0.2, 0.25) is 0 Å². The van der Waals surface area contributed by atoms with Crippen molar-refractivity contribution >= 4 is 11.4 Å². The highest BCUT2D eigenvalue weighted by Gasteiger charge is 2.48. The summed E-state index contributed by atoms with van der Waals surface area (Å²) in [7, 11) is 0. The summed E-state index contributed by atoms with van der Waals surface area (Å²) in [5.74, 6) is 0. The Morgan fingerprint density at radius 3 is 2.53 bits per heavy atom. The van der Waals surface area contributed by atoms with Crippen molar-refractivity contribution in [2.24, 2.45) is 5.41 Å². The number of nitrogens with one attached hydrogen (secondary N) is 1. The van der Waals surface area contributed by atoms with E-state index < -0.39 is 0 Å². The van der Waals surface area contributed by atoms with Crippen molar-refractivity contribution in [2.45, 2.75) is 39.3 Å². The number of rotatable bonds is 4. The molecule has 2 rings (SSSR count). The average molecular weight is 234 g/mol. The van der Waals surface area contributed by atoms with Gasteiger partial charge in [-0.05, 0) is 37.6 Å². The van der Waals surface area contributed by atoms with Gasteiger partial charge in [-0.2, -0.15) is 0 Å². The van der Waals surface area contributed by atoms with E-state index in [0.717, 1.165) is 24.4 Å². The number of nitrogens with two attached hydrogens (primary N) is 1. The summed E-state index contributed by atoms with van der Waals surface area (Å²) in [5, 5.41) is 3.55. The lowest BCUT2D eigenvalue weighted by molar-refractivity contribution is -0.0975. The van der Waals surface area contributed by atoms with Gasteiger partial charge in [0.1, 0.15) is 0 Å². The first-order valence-corrected chi connectivity index (χ1v) is 6.27. The van der Waals surface area contributed by atoms with E-state index in [-0.39, 0.29) is 5.41 Å².